The highest BCUT2D eigenvalue weighted by atomic mass is 19.1. The summed E-state index contributed by atoms with van der Waals surface area (Å²) in [7, 11) is 0. The minimum absolute atomic E-state index is 0.248. The normalized spacial score (nSPS) is 10.6. The summed E-state index contributed by atoms with van der Waals surface area (Å²) in [6.07, 6.45) is 3.46. The number of para-hydroxylation sites is 1. The van der Waals surface area contributed by atoms with Gasteiger partial charge in [-0.15, -0.1) is 0 Å². The van der Waals surface area contributed by atoms with E-state index in [2.05, 4.69) is 10.4 Å². The molecule has 2 aromatic carbocycles. The molecule has 0 saturated carbocycles. The summed E-state index contributed by atoms with van der Waals surface area (Å²) >= 11 is 0. The van der Waals surface area contributed by atoms with Gasteiger partial charge in [0, 0.05) is 24.8 Å². The largest absolute Gasteiger partial charge is 0.348 e. The number of halogens is 1. The maximum absolute atomic E-state index is 13.2. The van der Waals surface area contributed by atoms with E-state index < -0.39 is 0 Å². The number of hydrogen-bond acceptors (Lipinski definition) is 3. The Labute approximate surface area is 138 Å². The monoisotopic (exact) mass is 324 g/mol. The highest BCUT2D eigenvalue weighted by Gasteiger charge is 2.13. The third-order valence-electron chi connectivity index (χ3n) is 3.61. The van der Waals surface area contributed by atoms with Crippen molar-refractivity contribution in [3.8, 4) is 5.69 Å². The van der Waals surface area contributed by atoms with Gasteiger partial charge < -0.3 is 11.1 Å². The number of nitrogens with one attached hydrogen (secondary N) is 1. The van der Waals surface area contributed by atoms with Crippen LogP contribution in [0.4, 0.5) is 4.39 Å². The lowest BCUT2D eigenvalue weighted by molar-refractivity contribution is 0.0950. The number of carbonyl (C=O) groups excluding carboxylic acids is 1. The number of aromatic nitrogens is 2. The van der Waals surface area contributed by atoms with E-state index in [0.29, 0.717) is 23.4 Å². The molecule has 3 rings (SSSR count). The van der Waals surface area contributed by atoms with E-state index in [1.54, 1.807) is 41.3 Å². The maximum Gasteiger partial charge on any atom is 0.253 e. The lowest BCUT2D eigenvalue weighted by atomic mass is 10.1. The van der Waals surface area contributed by atoms with Crippen molar-refractivity contribution < 1.29 is 9.18 Å². The average Bonchev–Trinajstić information content (AvgIpc) is 3.09. The van der Waals surface area contributed by atoms with Crippen LogP contribution in [0, 0.1) is 5.82 Å². The second-order valence-electron chi connectivity index (χ2n) is 5.33. The van der Waals surface area contributed by atoms with E-state index in [-0.39, 0.29) is 18.3 Å². The summed E-state index contributed by atoms with van der Waals surface area (Å²) < 4.78 is 14.8. The Bertz CT molecular complexity index is 859. The van der Waals surface area contributed by atoms with Crippen molar-refractivity contribution in [2.45, 2.75) is 13.1 Å². The first-order chi connectivity index (χ1) is 11.7. The zero-order chi connectivity index (χ0) is 16.9. The summed E-state index contributed by atoms with van der Waals surface area (Å²) in [6, 6.07) is 13.3. The van der Waals surface area contributed by atoms with Crippen LogP contribution in [0.25, 0.3) is 5.69 Å². The quantitative estimate of drug-likeness (QED) is 0.757. The molecule has 1 heterocycles. The molecular weight excluding hydrogens is 307 g/mol. The third-order valence-corrected chi connectivity index (χ3v) is 3.61. The van der Waals surface area contributed by atoms with Crippen molar-refractivity contribution in [2.75, 3.05) is 0 Å². The molecule has 0 fully saturated rings. The van der Waals surface area contributed by atoms with Crippen LogP contribution in [-0.2, 0) is 13.1 Å². The number of hydrogen-bond donors (Lipinski definition) is 2. The van der Waals surface area contributed by atoms with Crippen LogP contribution in [0.2, 0.25) is 0 Å². The zero-order valence-corrected chi connectivity index (χ0v) is 12.9. The molecule has 1 amide bonds. The standard InChI is InChI=1S/C18H17FN4O/c19-15-5-3-4-13(8-15)10-21-18(24)16-6-1-2-7-17(16)23-12-14(9-20)11-22-23/h1-8,11-12H,9-10,20H2,(H,21,24). The van der Waals surface area contributed by atoms with Gasteiger partial charge in [0.25, 0.3) is 5.91 Å². The molecule has 0 bridgehead atoms. The number of nitrogens with two attached hydrogens (primary N) is 1. The molecule has 0 aliphatic carbocycles. The van der Waals surface area contributed by atoms with Crippen molar-refractivity contribution in [3.05, 3.63) is 83.4 Å². The number of carbonyl (C=O) groups is 1. The molecule has 24 heavy (non-hydrogen) atoms. The van der Waals surface area contributed by atoms with Gasteiger partial charge in [0.2, 0.25) is 0 Å². The summed E-state index contributed by atoms with van der Waals surface area (Å²) in [4.78, 5) is 12.5. The molecule has 0 unspecified atom stereocenters. The fourth-order valence-electron chi connectivity index (χ4n) is 2.39. The Kier molecular flexibility index (Phi) is 4.67. The minimum atomic E-state index is -0.326. The van der Waals surface area contributed by atoms with Crippen LogP contribution in [0.3, 0.4) is 0 Å². The molecule has 0 radical (unpaired) electrons. The van der Waals surface area contributed by atoms with Crippen LogP contribution in [0.5, 0.6) is 0 Å². The fourth-order valence-corrected chi connectivity index (χ4v) is 2.39. The molecule has 5 nitrogen and oxygen atoms in total. The fraction of sp³-hybridized carbons (Fsp3) is 0.111. The van der Waals surface area contributed by atoms with Gasteiger partial charge in [-0.25, -0.2) is 9.07 Å². The SMILES string of the molecule is NCc1cnn(-c2ccccc2C(=O)NCc2cccc(F)c2)c1. The highest BCUT2D eigenvalue weighted by Crippen LogP contribution is 2.15. The van der Waals surface area contributed by atoms with Crippen LogP contribution < -0.4 is 11.1 Å². The molecule has 1 aromatic heterocycles. The van der Waals surface area contributed by atoms with Gasteiger partial charge in [0.1, 0.15) is 5.82 Å². The predicted octanol–water partition coefficient (Wildman–Crippen LogP) is 2.40. The molecule has 0 aliphatic heterocycles. The summed E-state index contributed by atoms with van der Waals surface area (Å²) in [5, 5.41) is 7.04. The first-order valence-corrected chi connectivity index (χ1v) is 7.53. The molecule has 0 aliphatic rings. The number of nitrogens with zero attached hydrogens (tertiary/aromatic N) is 2. The Morgan fingerprint density at radius 3 is 2.75 bits per heavy atom. The highest BCUT2D eigenvalue weighted by molar-refractivity contribution is 5.97. The van der Waals surface area contributed by atoms with Gasteiger partial charge in [0.05, 0.1) is 17.4 Å². The van der Waals surface area contributed by atoms with Crippen molar-refractivity contribution in [1.82, 2.24) is 15.1 Å². The first-order valence-electron chi connectivity index (χ1n) is 7.53. The summed E-state index contributed by atoms with van der Waals surface area (Å²) in [6.45, 7) is 0.631. The van der Waals surface area contributed by atoms with Crippen LogP contribution in [0.15, 0.2) is 60.9 Å². The van der Waals surface area contributed by atoms with Crippen LogP contribution in [0.1, 0.15) is 21.5 Å². The predicted molar refractivity (Wildman–Crippen MR) is 89.0 cm³/mol. The molecule has 122 valence electrons. The van der Waals surface area contributed by atoms with Crippen molar-refractivity contribution in [2.24, 2.45) is 5.73 Å². The van der Waals surface area contributed by atoms with Crippen LogP contribution in [-0.4, -0.2) is 15.7 Å². The van der Waals surface area contributed by atoms with E-state index in [1.807, 2.05) is 12.1 Å². The molecule has 6 heteroatoms. The molecule has 3 aromatic rings. The van der Waals surface area contributed by atoms with Gasteiger partial charge in [-0.3, -0.25) is 4.79 Å². The van der Waals surface area contributed by atoms with Crippen molar-refractivity contribution in [3.63, 3.8) is 0 Å². The smallest absolute Gasteiger partial charge is 0.253 e. The van der Waals surface area contributed by atoms with E-state index in [0.717, 1.165) is 5.56 Å². The third kappa shape index (κ3) is 3.49. The van der Waals surface area contributed by atoms with Gasteiger partial charge in [-0.1, -0.05) is 24.3 Å². The Morgan fingerprint density at radius 1 is 1.17 bits per heavy atom. The number of rotatable bonds is 5. The van der Waals surface area contributed by atoms with E-state index in [1.165, 1.54) is 12.1 Å². The van der Waals surface area contributed by atoms with Gasteiger partial charge in [0.15, 0.2) is 0 Å². The topological polar surface area (TPSA) is 72.9 Å². The Balaban J connectivity index is 1.80. The minimum Gasteiger partial charge on any atom is -0.348 e. The van der Waals surface area contributed by atoms with Gasteiger partial charge in [-0.05, 0) is 29.8 Å². The van der Waals surface area contributed by atoms with E-state index in [4.69, 9.17) is 5.73 Å². The Morgan fingerprint density at radius 2 is 2.00 bits per heavy atom. The number of amides is 1. The lowest BCUT2D eigenvalue weighted by Crippen LogP contribution is -2.24. The van der Waals surface area contributed by atoms with Crippen LogP contribution >= 0.6 is 0 Å². The first kappa shape index (κ1) is 15.9. The Hall–Kier alpha value is -2.99. The lowest BCUT2D eigenvalue weighted by Gasteiger charge is -2.10. The van der Waals surface area contributed by atoms with E-state index >= 15 is 0 Å². The molecule has 0 atom stereocenters. The maximum atomic E-state index is 13.2. The second kappa shape index (κ2) is 7.06. The summed E-state index contributed by atoms with van der Waals surface area (Å²) in [5.41, 5.74) is 8.33. The second-order valence-corrected chi connectivity index (χ2v) is 5.33. The van der Waals surface area contributed by atoms with Crippen molar-refractivity contribution >= 4 is 5.91 Å². The molecule has 0 saturated heterocycles. The molecule has 0 spiro atoms. The van der Waals surface area contributed by atoms with E-state index in [9.17, 15) is 9.18 Å². The number of benzene rings is 2. The summed E-state index contributed by atoms with van der Waals surface area (Å²) in [5.74, 6) is -0.576. The van der Waals surface area contributed by atoms with Gasteiger partial charge >= 0.3 is 0 Å². The molecule has 3 N–H and O–H groups in total. The van der Waals surface area contributed by atoms with Crippen molar-refractivity contribution in [1.29, 1.82) is 0 Å². The van der Waals surface area contributed by atoms with Gasteiger partial charge in [-0.2, -0.15) is 5.10 Å². The average molecular weight is 324 g/mol. The zero-order valence-electron chi connectivity index (χ0n) is 12.9. The molecular formula is C18H17FN4O.